The van der Waals surface area contributed by atoms with Crippen molar-refractivity contribution in [2.75, 3.05) is 13.6 Å². The van der Waals surface area contributed by atoms with Gasteiger partial charge in [0.25, 0.3) is 0 Å². The summed E-state index contributed by atoms with van der Waals surface area (Å²) in [6.45, 7) is 5.42. The summed E-state index contributed by atoms with van der Waals surface area (Å²) in [6.07, 6.45) is 3.81. The van der Waals surface area contributed by atoms with Crippen molar-refractivity contribution in [2.45, 2.75) is 33.3 Å². The second-order valence-electron chi connectivity index (χ2n) is 7.24. The normalized spacial score (nSPS) is 11.1. The predicted molar refractivity (Wildman–Crippen MR) is 128 cm³/mol. The maximum absolute atomic E-state index is 6.08. The van der Waals surface area contributed by atoms with Crippen LogP contribution in [0.5, 0.6) is 5.88 Å². The van der Waals surface area contributed by atoms with E-state index in [0.717, 1.165) is 35.2 Å². The van der Waals surface area contributed by atoms with Crippen molar-refractivity contribution in [3.63, 3.8) is 0 Å². The molecule has 0 atom stereocenters. The van der Waals surface area contributed by atoms with Crippen molar-refractivity contribution < 1.29 is 4.74 Å². The number of aromatic nitrogens is 1. The number of halogens is 1. The zero-order valence-corrected chi connectivity index (χ0v) is 19.4. The van der Waals surface area contributed by atoms with E-state index in [0.29, 0.717) is 12.5 Å². The largest absolute Gasteiger partial charge is 0.472 e. The van der Waals surface area contributed by atoms with E-state index in [9.17, 15) is 0 Å². The van der Waals surface area contributed by atoms with Crippen LogP contribution >= 0.6 is 15.9 Å². The van der Waals surface area contributed by atoms with Crippen LogP contribution < -0.4 is 4.74 Å². The molecule has 0 bridgehead atoms. The van der Waals surface area contributed by atoms with Crippen LogP contribution in [-0.4, -0.2) is 29.8 Å². The van der Waals surface area contributed by atoms with Gasteiger partial charge in [0, 0.05) is 13.6 Å². The number of pyridine rings is 1. The summed E-state index contributed by atoms with van der Waals surface area (Å²) in [5.41, 5.74) is 5.51. The highest BCUT2D eigenvalue weighted by Gasteiger charge is 2.10. The topological polar surface area (TPSA) is 37.7 Å². The number of hydrogen-bond acceptors (Lipinski definition) is 3. The number of hydrogen-bond donors (Lipinski definition) is 0. The summed E-state index contributed by atoms with van der Waals surface area (Å²) in [7, 11) is 1.99. The van der Waals surface area contributed by atoms with E-state index in [-0.39, 0.29) is 0 Å². The Kier molecular flexibility index (Phi) is 8.03. The first-order chi connectivity index (χ1) is 14.6. The Labute approximate surface area is 187 Å². The Hall–Kier alpha value is -2.66. The fourth-order valence-electron chi connectivity index (χ4n) is 3.04. The molecule has 156 valence electrons. The van der Waals surface area contributed by atoms with Gasteiger partial charge in [-0.05, 0) is 65.4 Å². The lowest BCUT2D eigenvalue weighted by Crippen LogP contribution is -2.14. The molecule has 0 aliphatic heterocycles. The Morgan fingerprint density at radius 3 is 2.47 bits per heavy atom. The quantitative estimate of drug-likeness (QED) is 0.281. The third kappa shape index (κ3) is 6.17. The molecule has 0 aliphatic carbocycles. The molecule has 0 N–H and O–H groups in total. The molecular formula is C25H28BrN3O. The fourth-order valence-corrected chi connectivity index (χ4v) is 3.46. The molecule has 5 heteroatoms. The van der Waals surface area contributed by atoms with Crippen molar-refractivity contribution in [1.82, 2.24) is 9.88 Å². The maximum Gasteiger partial charge on any atom is 0.228 e. The minimum absolute atomic E-state index is 0.483. The average molecular weight is 466 g/mol. The number of aryl methyl sites for hydroxylation is 3. The smallest absolute Gasteiger partial charge is 0.228 e. The minimum Gasteiger partial charge on any atom is -0.472 e. The molecule has 2 aromatic carbocycles. The van der Waals surface area contributed by atoms with Gasteiger partial charge in [0.05, 0.1) is 22.2 Å². The average Bonchev–Trinajstić information content (AvgIpc) is 2.78. The standard InChI is InChI=1S/C25H28BrN3O/c1-4-29(3)18-27-24-16-23(26)25(28-19(24)2)30-17-22-13-9-8-12-21(22)15-14-20-10-6-5-7-11-20/h5-13,16,18H,4,14-15,17H2,1-3H3/b27-18+. The van der Waals surface area contributed by atoms with E-state index in [2.05, 4.69) is 87.4 Å². The van der Waals surface area contributed by atoms with Crippen LogP contribution in [0.3, 0.4) is 0 Å². The van der Waals surface area contributed by atoms with Crippen LogP contribution in [-0.2, 0) is 19.4 Å². The summed E-state index contributed by atoms with van der Waals surface area (Å²) < 4.78 is 6.88. The lowest BCUT2D eigenvalue weighted by atomic mass is 10.0. The van der Waals surface area contributed by atoms with Crippen LogP contribution in [0.4, 0.5) is 5.69 Å². The summed E-state index contributed by atoms with van der Waals surface area (Å²) in [5, 5.41) is 0. The molecule has 3 rings (SSSR count). The lowest BCUT2D eigenvalue weighted by molar-refractivity contribution is 0.290. The van der Waals surface area contributed by atoms with Gasteiger partial charge in [-0.25, -0.2) is 9.98 Å². The van der Waals surface area contributed by atoms with E-state index in [1.54, 1.807) is 0 Å². The monoisotopic (exact) mass is 465 g/mol. The van der Waals surface area contributed by atoms with Crippen LogP contribution in [0.2, 0.25) is 0 Å². The van der Waals surface area contributed by atoms with Crippen molar-refractivity contribution in [3.05, 3.63) is 87.5 Å². The minimum atomic E-state index is 0.483. The second kappa shape index (κ2) is 10.9. The van der Waals surface area contributed by atoms with Gasteiger partial charge in [-0.2, -0.15) is 0 Å². The third-order valence-electron chi connectivity index (χ3n) is 5.01. The molecule has 1 aromatic heterocycles. The van der Waals surface area contributed by atoms with Gasteiger partial charge in [0.2, 0.25) is 5.88 Å². The van der Waals surface area contributed by atoms with Crippen LogP contribution in [0.25, 0.3) is 0 Å². The first kappa shape index (κ1) is 22.0. The number of benzene rings is 2. The highest BCUT2D eigenvalue weighted by molar-refractivity contribution is 9.10. The molecular weight excluding hydrogens is 438 g/mol. The highest BCUT2D eigenvalue weighted by atomic mass is 79.9. The van der Waals surface area contributed by atoms with E-state index >= 15 is 0 Å². The molecule has 0 spiro atoms. The van der Waals surface area contributed by atoms with Crippen molar-refractivity contribution in [2.24, 2.45) is 4.99 Å². The molecule has 3 aromatic rings. The van der Waals surface area contributed by atoms with E-state index in [1.165, 1.54) is 16.7 Å². The SMILES string of the molecule is CCN(C)/C=N/c1cc(Br)c(OCc2ccccc2CCc2ccccc2)nc1C. The van der Waals surface area contributed by atoms with E-state index in [4.69, 9.17) is 4.74 Å². The number of aliphatic imine (C=N–C) groups is 1. The van der Waals surface area contributed by atoms with Crippen LogP contribution in [0.1, 0.15) is 29.3 Å². The van der Waals surface area contributed by atoms with Gasteiger partial charge in [-0.1, -0.05) is 54.6 Å². The molecule has 4 nitrogen and oxygen atoms in total. The van der Waals surface area contributed by atoms with Gasteiger partial charge in [-0.15, -0.1) is 0 Å². The maximum atomic E-state index is 6.08. The fraction of sp³-hybridized carbons (Fsp3) is 0.280. The number of ether oxygens (including phenoxy) is 1. The molecule has 1 heterocycles. The number of nitrogens with zero attached hydrogens (tertiary/aromatic N) is 3. The van der Waals surface area contributed by atoms with E-state index < -0.39 is 0 Å². The Morgan fingerprint density at radius 2 is 1.73 bits per heavy atom. The van der Waals surface area contributed by atoms with E-state index in [1.807, 2.05) is 31.3 Å². The zero-order chi connectivity index (χ0) is 21.3. The summed E-state index contributed by atoms with van der Waals surface area (Å²) in [4.78, 5) is 11.1. The summed E-state index contributed by atoms with van der Waals surface area (Å²) in [5.74, 6) is 0.591. The molecule has 0 unspecified atom stereocenters. The zero-order valence-electron chi connectivity index (χ0n) is 17.8. The first-order valence-electron chi connectivity index (χ1n) is 10.2. The molecule has 0 amide bonds. The van der Waals surface area contributed by atoms with Crippen LogP contribution in [0.15, 0.2) is 70.1 Å². The first-order valence-corrected chi connectivity index (χ1v) is 11.0. The van der Waals surface area contributed by atoms with Gasteiger partial charge >= 0.3 is 0 Å². The van der Waals surface area contributed by atoms with Crippen molar-refractivity contribution >= 4 is 28.0 Å². The Balaban J connectivity index is 1.68. The Morgan fingerprint density at radius 1 is 1.03 bits per heavy atom. The van der Waals surface area contributed by atoms with Crippen LogP contribution in [0, 0.1) is 6.92 Å². The summed E-state index contributed by atoms with van der Waals surface area (Å²) >= 11 is 3.58. The summed E-state index contributed by atoms with van der Waals surface area (Å²) in [6, 6.07) is 21.0. The molecule has 0 saturated heterocycles. The second-order valence-corrected chi connectivity index (χ2v) is 8.10. The van der Waals surface area contributed by atoms with Crippen molar-refractivity contribution in [3.8, 4) is 5.88 Å². The van der Waals surface area contributed by atoms with Gasteiger partial charge < -0.3 is 9.64 Å². The van der Waals surface area contributed by atoms with Gasteiger partial charge in [0.1, 0.15) is 6.61 Å². The Bertz CT molecular complexity index is 989. The molecule has 0 aliphatic rings. The molecule has 0 fully saturated rings. The third-order valence-corrected chi connectivity index (χ3v) is 5.58. The van der Waals surface area contributed by atoms with Gasteiger partial charge in [-0.3, -0.25) is 0 Å². The van der Waals surface area contributed by atoms with Crippen molar-refractivity contribution in [1.29, 1.82) is 0 Å². The number of rotatable bonds is 9. The molecule has 0 saturated carbocycles. The molecule has 0 radical (unpaired) electrons. The van der Waals surface area contributed by atoms with Gasteiger partial charge in [0.15, 0.2) is 0 Å². The highest BCUT2D eigenvalue weighted by Crippen LogP contribution is 2.30. The lowest BCUT2D eigenvalue weighted by Gasteiger charge is -2.13. The predicted octanol–water partition coefficient (Wildman–Crippen LogP) is 6.13. The molecule has 30 heavy (non-hydrogen) atoms.